The van der Waals surface area contributed by atoms with Gasteiger partial charge in [-0.2, -0.15) is 0 Å². The molecule has 1 heterocycles. The second-order valence-corrected chi connectivity index (χ2v) is 8.79. The average Bonchev–Trinajstić information content (AvgIpc) is 2.89. The normalized spacial score (nSPS) is 10.8. The zero-order chi connectivity index (χ0) is 23.2. The molecular weight excluding hydrogens is 440 g/mol. The van der Waals surface area contributed by atoms with E-state index in [1.54, 1.807) is 0 Å². The van der Waals surface area contributed by atoms with Crippen LogP contribution in [0.3, 0.4) is 0 Å². The molecule has 1 N–H and O–H groups in total. The number of anilines is 1. The number of thioether (sulfide) groups is 1. The molecular formula is C28H22N4OS. The lowest BCUT2D eigenvalue weighted by Crippen LogP contribution is -2.12. The molecule has 0 aliphatic rings. The van der Waals surface area contributed by atoms with Gasteiger partial charge in [0.1, 0.15) is 11.4 Å². The van der Waals surface area contributed by atoms with Crippen LogP contribution < -0.4 is 5.32 Å². The van der Waals surface area contributed by atoms with Gasteiger partial charge in [-0.15, -0.1) is 10.2 Å². The van der Waals surface area contributed by atoms with Crippen LogP contribution in [0.4, 0.5) is 5.69 Å². The fraction of sp³-hybridized carbons (Fsp3) is 0.0714. The summed E-state index contributed by atoms with van der Waals surface area (Å²) in [5.41, 5.74) is 4.26. The van der Waals surface area contributed by atoms with Crippen LogP contribution in [0.15, 0.2) is 108 Å². The molecule has 0 saturated carbocycles. The first-order chi connectivity index (χ1) is 16.8. The fourth-order valence-corrected chi connectivity index (χ4v) is 4.41. The molecule has 4 aromatic carbocycles. The highest BCUT2D eigenvalue weighted by Crippen LogP contribution is 2.29. The van der Waals surface area contributed by atoms with Crippen LogP contribution in [-0.2, 0) is 4.79 Å². The van der Waals surface area contributed by atoms with Crippen LogP contribution in [0.25, 0.3) is 33.3 Å². The number of nitrogens with zero attached hydrogens (tertiary/aromatic N) is 3. The highest BCUT2D eigenvalue weighted by Gasteiger charge is 2.14. The van der Waals surface area contributed by atoms with E-state index in [1.807, 2.05) is 97.1 Å². The van der Waals surface area contributed by atoms with E-state index in [0.717, 1.165) is 39.0 Å². The number of amides is 1. The van der Waals surface area contributed by atoms with Crippen LogP contribution in [0, 0.1) is 0 Å². The van der Waals surface area contributed by atoms with Gasteiger partial charge in [0.05, 0.1) is 0 Å². The van der Waals surface area contributed by atoms with E-state index in [9.17, 15) is 4.79 Å². The Morgan fingerprint density at radius 2 is 1.35 bits per heavy atom. The van der Waals surface area contributed by atoms with Crippen molar-refractivity contribution in [2.75, 3.05) is 11.1 Å². The maximum atomic E-state index is 12.5. The summed E-state index contributed by atoms with van der Waals surface area (Å²) in [6.07, 6.45) is 0.349. The standard InChI is InChI=1S/C28H22N4OS/c33-25(29-24-16-15-20-9-7-8-14-23(20)19-24)17-18-34-28-30-26(21-10-3-1-4-11-21)27(31-32-28)22-12-5-2-6-13-22/h1-16,19H,17-18H2,(H,29,33). The molecule has 0 unspecified atom stereocenters. The van der Waals surface area contributed by atoms with Gasteiger partial charge in [-0.3, -0.25) is 4.79 Å². The lowest BCUT2D eigenvalue weighted by molar-refractivity contribution is -0.115. The van der Waals surface area contributed by atoms with Crippen molar-refractivity contribution in [3.63, 3.8) is 0 Å². The summed E-state index contributed by atoms with van der Waals surface area (Å²) < 4.78 is 0. The zero-order valence-corrected chi connectivity index (χ0v) is 19.2. The summed E-state index contributed by atoms with van der Waals surface area (Å²) in [5.74, 6) is 0.514. The van der Waals surface area contributed by atoms with Crippen LogP contribution in [0.5, 0.6) is 0 Å². The smallest absolute Gasteiger partial charge is 0.225 e. The summed E-state index contributed by atoms with van der Waals surface area (Å²) in [6.45, 7) is 0. The number of hydrogen-bond acceptors (Lipinski definition) is 5. The number of nitrogens with one attached hydrogen (secondary N) is 1. The van der Waals surface area contributed by atoms with Gasteiger partial charge in [-0.05, 0) is 22.9 Å². The molecule has 0 atom stereocenters. The lowest BCUT2D eigenvalue weighted by Gasteiger charge is -2.09. The Morgan fingerprint density at radius 3 is 2.09 bits per heavy atom. The SMILES string of the molecule is O=C(CCSc1nnc(-c2ccccc2)c(-c2ccccc2)n1)Nc1ccc2ccccc2c1. The fourth-order valence-electron chi connectivity index (χ4n) is 3.69. The molecule has 5 aromatic rings. The van der Waals surface area contributed by atoms with E-state index < -0.39 is 0 Å². The van der Waals surface area contributed by atoms with Gasteiger partial charge in [-0.25, -0.2) is 4.98 Å². The topological polar surface area (TPSA) is 67.8 Å². The van der Waals surface area contributed by atoms with Gasteiger partial charge in [0.15, 0.2) is 0 Å². The first-order valence-corrected chi connectivity index (χ1v) is 12.0. The molecule has 0 bridgehead atoms. The van der Waals surface area contributed by atoms with E-state index in [1.165, 1.54) is 11.8 Å². The minimum atomic E-state index is -0.0417. The second-order valence-electron chi connectivity index (χ2n) is 7.73. The summed E-state index contributed by atoms with van der Waals surface area (Å²) >= 11 is 1.43. The Hall–Kier alpha value is -4.03. The van der Waals surface area contributed by atoms with Crippen molar-refractivity contribution in [1.29, 1.82) is 0 Å². The quantitative estimate of drug-likeness (QED) is 0.280. The molecule has 1 amide bonds. The molecule has 5 rings (SSSR count). The van der Waals surface area contributed by atoms with Crippen molar-refractivity contribution in [3.8, 4) is 22.5 Å². The number of aromatic nitrogens is 3. The first-order valence-electron chi connectivity index (χ1n) is 11.0. The Morgan fingerprint density at radius 1 is 0.706 bits per heavy atom. The van der Waals surface area contributed by atoms with E-state index in [2.05, 4.69) is 21.6 Å². The third kappa shape index (κ3) is 5.13. The van der Waals surface area contributed by atoms with Crippen LogP contribution in [0.1, 0.15) is 6.42 Å². The molecule has 1 aromatic heterocycles. The Balaban J connectivity index is 1.27. The maximum absolute atomic E-state index is 12.5. The number of benzene rings is 4. The van der Waals surface area contributed by atoms with Crippen molar-refractivity contribution < 1.29 is 4.79 Å². The molecule has 166 valence electrons. The predicted molar refractivity (Wildman–Crippen MR) is 139 cm³/mol. The van der Waals surface area contributed by atoms with Gasteiger partial charge >= 0.3 is 0 Å². The van der Waals surface area contributed by atoms with Gasteiger partial charge in [-0.1, -0.05) is 103 Å². The molecule has 0 saturated heterocycles. The molecule has 0 radical (unpaired) electrons. The van der Waals surface area contributed by atoms with Crippen LogP contribution >= 0.6 is 11.8 Å². The summed E-state index contributed by atoms with van der Waals surface area (Å²) in [5, 5.41) is 14.6. The number of fused-ring (bicyclic) bond motifs is 1. The molecule has 0 fully saturated rings. The largest absolute Gasteiger partial charge is 0.326 e. The van der Waals surface area contributed by atoms with E-state index in [0.29, 0.717) is 17.3 Å². The Labute approximate surface area is 202 Å². The van der Waals surface area contributed by atoms with E-state index in [4.69, 9.17) is 4.98 Å². The van der Waals surface area contributed by atoms with E-state index >= 15 is 0 Å². The number of carbonyl (C=O) groups excluding carboxylic acids is 1. The summed E-state index contributed by atoms with van der Waals surface area (Å²) in [4.78, 5) is 17.3. The van der Waals surface area contributed by atoms with Crippen LogP contribution in [0.2, 0.25) is 0 Å². The first kappa shape index (κ1) is 21.8. The zero-order valence-electron chi connectivity index (χ0n) is 18.4. The van der Waals surface area contributed by atoms with Gasteiger partial charge in [0.25, 0.3) is 0 Å². The number of carbonyl (C=O) groups is 1. The molecule has 6 heteroatoms. The minimum Gasteiger partial charge on any atom is -0.326 e. The number of hydrogen-bond donors (Lipinski definition) is 1. The molecule has 0 aliphatic heterocycles. The second kappa shape index (κ2) is 10.3. The van der Waals surface area contributed by atoms with Crippen molar-refractivity contribution in [1.82, 2.24) is 15.2 Å². The van der Waals surface area contributed by atoms with E-state index in [-0.39, 0.29) is 5.91 Å². The Bertz CT molecular complexity index is 1420. The van der Waals surface area contributed by atoms with Gasteiger partial charge in [0.2, 0.25) is 11.1 Å². The lowest BCUT2D eigenvalue weighted by atomic mass is 10.0. The third-order valence-corrected chi connectivity index (χ3v) is 6.19. The van der Waals surface area contributed by atoms with Crippen molar-refractivity contribution >= 4 is 34.1 Å². The molecule has 0 aliphatic carbocycles. The Kier molecular flexibility index (Phi) is 6.59. The van der Waals surface area contributed by atoms with Crippen molar-refractivity contribution in [3.05, 3.63) is 103 Å². The summed E-state index contributed by atoms with van der Waals surface area (Å²) in [7, 11) is 0. The minimum absolute atomic E-state index is 0.0417. The molecule has 0 spiro atoms. The predicted octanol–water partition coefficient (Wildman–Crippen LogP) is 6.48. The molecule has 5 nitrogen and oxygen atoms in total. The van der Waals surface area contributed by atoms with Crippen LogP contribution in [-0.4, -0.2) is 26.8 Å². The van der Waals surface area contributed by atoms with Crippen molar-refractivity contribution in [2.24, 2.45) is 0 Å². The highest BCUT2D eigenvalue weighted by atomic mass is 32.2. The maximum Gasteiger partial charge on any atom is 0.225 e. The average molecular weight is 463 g/mol. The third-order valence-electron chi connectivity index (χ3n) is 5.36. The van der Waals surface area contributed by atoms with Gasteiger partial charge in [0, 0.05) is 29.0 Å². The number of rotatable bonds is 7. The van der Waals surface area contributed by atoms with Gasteiger partial charge < -0.3 is 5.32 Å². The summed E-state index contributed by atoms with van der Waals surface area (Å²) in [6, 6.07) is 33.9. The van der Waals surface area contributed by atoms with Crippen molar-refractivity contribution in [2.45, 2.75) is 11.6 Å². The highest BCUT2D eigenvalue weighted by molar-refractivity contribution is 7.99. The monoisotopic (exact) mass is 462 g/mol. The molecule has 34 heavy (non-hydrogen) atoms.